The molecule has 0 spiro atoms. The third kappa shape index (κ3) is 4.45. The van der Waals surface area contributed by atoms with Crippen LogP contribution in [0.15, 0.2) is 47.5 Å². The Labute approximate surface area is 168 Å². The fraction of sp³-hybridized carbons (Fsp3) is 0.400. The molecule has 3 heterocycles. The van der Waals surface area contributed by atoms with E-state index < -0.39 is 0 Å². The molecule has 1 aliphatic rings. The average molecular weight is 397 g/mol. The molecule has 3 aromatic rings. The molecule has 4 rings (SSSR count). The van der Waals surface area contributed by atoms with Crippen LogP contribution in [0.5, 0.6) is 5.75 Å². The van der Waals surface area contributed by atoms with Crippen LogP contribution in [0.1, 0.15) is 35.5 Å². The first-order valence-corrected chi connectivity index (χ1v) is 9.58. The van der Waals surface area contributed by atoms with Crippen molar-refractivity contribution >= 4 is 5.91 Å². The summed E-state index contributed by atoms with van der Waals surface area (Å²) in [4.78, 5) is 18.6. The van der Waals surface area contributed by atoms with Gasteiger partial charge in [0.1, 0.15) is 25.0 Å². The molecule has 29 heavy (non-hydrogen) atoms. The molecule has 0 radical (unpaired) electrons. The number of hydrogen-bond donors (Lipinski definition) is 0. The molecule has 1 aromatic carbocycles. The third-order valence-corrected chi connectivity index (χ3v) is 4.93. The van der Waals surface area contributed by atoms with Crippen LogP contribution in [-0.2, 0) is 11.3 Å². The molecule has 152 valence electrons. The topological polar surface area (TPSA) is 95.5 Å². The van der Waals surface area contributed by atoms with E-state index in [1.54, 1.807) is 24.2 Å². The number of hydrogen-bond acceptors (Lipinski definition) is 7. The number of ether oxygens (including phenoxy) is 2. The zero-order valence-electron chi connectivity index (χ0n) is 16.2. The van der Waals surface area contributed by atoms with Gasteiger partial charge in [0.2, 0.25) is 0 Å². The van der Waals surface area contributed by atoms with E-state index >= 15 is 0 Å². The Morgan fingerprint density at radius 3 is 2.90 bits per heavy atom. The van der Waals surface area contributed by atoms with E-state index in [0.717, 1.165) is 24.9 Å². The summed E-state index contributed by atoms with van der Waals surface area (Å²) in [5.41, 5.74) is 1.18. The second-order valence-electron chi connectivity index (χ2n) is 6.90. The van der Waals surface area contributed by atoms with Gasteiger partial charge in [-0.15, -0.1) is 0 Å². The molecule has 2 aromatic heterocycles. The van der Waals surface area contributed by atoms with Crippen LogP contribution in [0.4, 0.5) is 0 Å². The van der Waals surface area contributed by atoms with Gasteiger partial charge in [0.05, 0.1) is 18.3 Å². The standard InChI is InChI=1S/C20H23N5O4/c1-27-11-16-4-2-3-9-24(16)20(26)19-10-18(29-23-19)12-28-17-7-5-15(6-8-17)25-14-21-13-22-25/h5-8,10,13-14,16H,2-4,9,11-12H2,1H3. The van der Waals surface area contributed by atoms with Crippen LogP contribution < -0.4 is 4.74 Å². The zero-order valence-corrected chi connectivity index (χ0v) is 16.2. The first-order valence-electron chi connectivity index (χ1n) is 9.58. The second-order valence-corrected chi connectivity index (χ2v) is 6.90. The van der Waals surface area contributed by atoms with Crippen molar-refractivity contribution in [1.82, 2.24) is 24.8 Å². The lowest BCUT2D eigenvalue weighted by molar-refractivity contribution is 0.0419. The number of rotatable bonds is 7. The first kappa shape index (κ1) is 19.1. The molecule has 1 saturated heterocycles. The Bertz CT molecular complexity index is 921. The predicted molar refractivity (Wildman–Crippen MR) is 103 cm³/mol. The van der Waals surface area contributed by atoms with Gasteiger partial charge in [-0.25, -0.2) is 9.67 Å². The third-order valence-electron chi connectivity index (χ3n) is 4.93. The fourth-order valence-corrected chi connectivity index (χ4v) is 3.45. The van der Waals surface area contributed by atoms with Crippen molar-refractivity contribution in [3.05, 3.63) is 54.4 Å². The number of aromatic nitrogens is 4. The molecule has 1 atom stereocenters. The average Bonchev–Trinajstić information content (AvgIpc) is 3.45. The van der Waals surface area contributed by atoms with Crippen molar-refractivity contribution in [1.29, 1.82) is 0 Å². The number of nitrogens with zero attached hydrogens (tertiary/aromatic N) is 5. The lowest BCUT2D eigenvalue weighted by Gasteiger charge is -2.34. The largest absolute Gasteiger partial charge is 0.486 e. The molecule has 1 fully saturated rings. The van der Waals surface area contributed by atoms with Crippen LogP contribution in [0.2, 0.25) is 0 Å². The van der Waals surface area contributed by atoms with E-state index in [9.17, 15) is 4.79 Å². The predicted octanol–water partition coefficient (Wildman–Crippen LogP) is 2.48. The van der Waals surface area contributed by atoms with Crippen LogP contribution >= 0.6 is 0 Å². The summed E-state index contributed by atoms with van der Waals surface area (Å²) in [5.74, 6) is 1.04. The summed E-state index contributed by atoms with van der Waals surface area (Å²) >= 11 is 0. The van der Waals surface area contributed by atoms with Crippen LogP contribution in [0, 0.1) is 0 Å². The Morgan fingerprint density at radius 1 is 1.28 bits per heavy atom. The maximum Gasteiger partial charge on any atom is 0.276 e. The summed E-state index contributed by atoms with van der Waals surface area (Å²) in [6.07, 6.45) is 6.14. The normalized spacial score (nSPS) is 16.7. The minimum atomic E-state index is -0.126. The summed E-state index contributed by atoms with van der Waals surface area (Å²) in [6.45, 7) is 1.43. The number of likely N-dealkylation sites (tertiary alicyclic amines) is 1. The molecule has 0 aliphatic carbocycles. The van der Waals surface area contributed by atoms with Gasteiger partial charge in [-0.3, -0.25) is 4.79 Å². The molecule has 0 bridgehead atoms. The van der Waals surface area contributed by atoms with Crippen LogP contribution in [-0.4, -0.2) is 57.0 Å². The summed E-state index contributed by atoms with van der Waals surface area (Å²) in [7, 11) is 1.65. The minimum absolute atomic E-state index is 0.0844. The molecular weight excluding hydrogens is 374 g/mol. The van der Waals surface area contributed by atoms with Crippen LogP contribution in [0.3, 0.4) is 0 Å². The fourth-order valence-electron chi connectivity index (χ4n) is 3.45. The Balaban J connectivity index is 1.36. The van der Waals surface area contributed by atoms with Crippen molar-refractivity contribution in [3.8, 4) is 11.4 Å². The Hall–Kier alpha value is -3.20. The SMILES string of the molecule is COCC1CCCCN1C(=O)c1cc(COc2ccc(-n3cncn3)cc2)on1. The van der Waals surface area contributed by atoms with Gasteiger partial charge in [-0.05, 0) is 43.5 Å². The van der Waals surface area contributed by atoms with Crippen molar-refractivity contribution < 1.29 is 18.8 Å². The lowest BCUT2D eigenvalue weighted by Crippen LogP contribution is -2.46. The van der Waals surface area contributed by atoms with E-state index in [4.69, 9.17) is 14.0 Å². The monoisotopic (exact) mass is 397 g/mol. The summed E-state index contributed by atoms with van der Waals surface area (Å²) in [6, 6.07) is 9.16. The maximum absolute atomic E-state index is 12.8. The summed E-state index contributed by atoms with van der Waals surface area (Å²) in [5, 5.41) is 8.02. The molecular formula is C20H23N5O4. The van der Waals surface area contributed by atoms with Gasteiger partial charge in [-0.1, -0.05) is 5.16 Å². The number of carbonyl (C=O) groups is 1. The smallest absolute Gasteiger partial charge is 0.276 e. The molecule has 0 saturated carbocycles. The molecule has 9 nitrogen and oxygen atoms in total. The van der Waals surface area contributed by atoms with Gasteiger partial charge in [0, 0.05) is 19.7 Å². The van der Waals surface area contributed by atoms with E-state index in [2.05, 4.69) is 15.2 Å². The number of methoxy groups -OCH3 is 1. The van der Waals surface area contributed by atoms with E-state index in [1.165, 1.54) is 6.33 Å². The van der Waals surface area contributed by atoms with E-state index in [-0.39, 0.29) is 18.6 Å². The quantitative estimate of drug-likeness (QED) is 0.604. The minimum Gasteiger partial charge on any atom is -0.486 e. The van der Waals surface area contributed by atoms with E-state index in [1.807, 2.05) is 29.2 Å². The number of carbonyl (C=O) groups excluding carboxylic acids is 1. The first-order chi connectivity index (χ1) is 14.2. The lowest BCUT2D eigenvalue weighted by atomic mass is 10.0. The van der Waals surface area contributed by atoms with Gasteiger partial charge in [0.15, 0.2) is 11.5 Å². The van der Waals surface area contributed by atoms with Gasteiger partial charge in [0.25, 0.3) is 5.91 Å². The number of benzene rings is 1. The molecule has 0 N–H and O–H groups in total. The number of piperidine rings is 1. The highest BCUT2D eigenvalue weighted by Crippen LogP contribution is 2.21. The highest BCUT2D eigenvalue weighted by Gasteiger charge is 2.29. The second kappa shape index (κ2) is 8.87. The van der Waals surface area contributed by atoms with Crippen molar-refractivity contribution in [2.45, 2.75) is 31.9 Å². The van der Waals surface area contributed by atoms with Crippen molar-refractivity contribution in [3.63, 3.8) is 0 Å². The Kier molecular flexibility index (Phi) is 5.85. The maximum atomic E-state index is 12.8. The van der Waals surface area contributed by atoms with Crippen molar-refractivity contribution in [2.24, 2.45) is 0 Å². The molecule has 1 unspecified atom stereocenters. The highest BCUT2D eigenvalue weighted by molar-refractivity contribution is 5.92. The van der Waals surface area contributed by atoms with Gasteiger partial charge in [-0.2, -0.15) is 5.10 Å². The van der Waals surface area contributed by atoms with Gasteiger partial charge >= 0.3 is 0 Å². The van der Waals surface area contributed by atoms with Gasteiger partial charge < -0.3 is 18.9 Å². The summed E-state index contributed by atoms with van der Waals surface area (Å²) < 4.78 is 18.0. The zero-order chi connectivity index (χ0) is 20.1. The van der Waals surface area contributed by atoms with Crippen molar-refractivity contribution in [2.75, 3.05) is 20.3 Å². The molecule has 1 amide bonds. The number of amides is 1. The molecule has 9 heteroatoms. The molecule has 1 aliphatic heterocycles. The van der Waals surface area contributed by atoms with Crippen LogP contribution in [0.25, 0.3) is 5.69 Å². The highest BCUT2D eigenvalue weighted by atomic mass is 16.5. The van der Waals surface area contributed by atoms with E-state index in [0.29, 0.717) is 30.4 Å². The Morgan fingerprint density at radius 2 is 2.14 bits per heavy atom.